The zero-order valence-corrected chi connectivity index (χ0v) is 17.5. The van der Waals surface area contributed by atoms with E-state index in [1.807, 2.05) is 19.9 Å². The van der Waals surface area contributed by atoms with Crippen LogP contribution in [-0.2, 0) is 9.73 Å². The van der Waals surface area contributed by atoms with Gasteiger partial charge in [0, 0.05) is 40.2 Å². The Morgan fingerprint density at radius 3 is 2.32 bits per heavy atom. The molecule has 0 aliphatic heterocycles. The van der Waals surface area contributed by atoms with E-state index in [2.05, 4.69) is 9.68 Å². The first kappa shape index (κ1) is 20.1. The van der Waals surface area contributed by atoms with Crippen LogP contribution in [0, 0.1) is 5.82 Å². The molecule has 0 fully saturated rings. The SMILES string of the molecule is CNc1cc2c(-c3ccc(F)cc3)c(C(C)C)nc(N=S(C)(C)=O)c2cc1N. The predicted octanol–water partition coefficient (Wildman–Crippen LogP) is 5.15. The van der Waals surface area contributed by atoms with E-state index in [9.17, 15) is 8.60 Å². The lowest BCUT2D eigenvalue weighted by molar-refractivity contribution is 0.628. The number of rotatable bonds is 4. The van der Waals surface area contributed by atoms with Gasteiger partial charge in [0.1, 0.15) is 5.82 Å². The highest BCUT2D eigenvalue weighted by Gasteiger charge is 2.19. The molecular formula is C21H25FN4OS. The normalized spacial score (nSPS) is 11.8. The van der Waals surface area contributed by atoms with E-state index in [0.29, 0.717) is 11.5 Å². The molecule has 0 unspecified atom stereocenters. The second-order valence-electron chi connectivity index (χ2n) is 7.36. The van der Waals surface area contributed by atoms with Crippen LogP contribution < -0.4 is 11.1 Å². The predicted molar refractivity (Wildman–Crippen MR) is 117 cm³/mol. The highest BCUT2D eigenvalue weighted by Crippen LogP contribution is 2.41. The number of anilines is 2. The average Bonchev–Trinajstić information content (AvgIpc) is 2.61. The fourth-order valence-corrected chi connectivity index (χ4v) is 3.76. The van der Waals surface area contributed by atoms with E-state index in [4.69, 9.17) is 10.7 Å². The van der Waals surface area contributed by atoms with Crippen LogP contribution >= 0.6 is 0 Å². The number of pyridine rings is 1. The molecule has 0 saturated carbocycles. The number of fused-ring (bicyclic) bond motifs is 1. The summed E-state index contributed by atoms with van der Waals surface area (Å²) in [4.78, 5) is 4.77. The van der Waals surface area contributed by atoms with Gasteiger partial charge in [-0.15, -0.1) is 0 Å². The molecular weight excluding hydrogens is 375 g/mol. The fourth-order valence-electron chi connectivity index (χ4n) is 3.21. The molecule has 148 valence electrons. The maximum Gasteiger partial charge on any atom is 0.169 e. The molecule has 3 N–H and O–H groups in total. The molecule has 0 bridgehead atoms. The summed E-state index contributed by atoms with van der Waals surface area (Å²) in [5.41, 5.74) is 10.1. The molecule has 1 aromatic heterocycles. The van der Waals surface area contributed by atoms with Gasteiger partial charge in [0.15, 0.2) is 5.82 Å². The number of nitrogen functional groups attached to an aromatic ring is 1. The van der Waals surface area contributed by atoms with Crippen molar-refractivity contribution in [1.29, 1.82) is 0 Å². The van der Waals surface area contributed by atoms with Crippen LogP contribution in [0.2, 0.25) is 0 Å². The molecule has 5 nitrogen and oxygen atoms in total. The number of nitrogens with zero attached hydrogens (tertiary/aromatic N) is 2. The molecule has 2 aromatic carbocycles. The van der Waals surface area contributed by atoms with Crippen LogP contribution in [0.15, 0.2) is 40.8 Å². The Morgan fingerprint density at radius 1 is 1.14 bits per heavy atom. The van der Waals surface area contributed by atoms with Crippen LogP contribution in [-0.4, -0.2) is 28.8 Å². The monoisotopic (exact) mass is 400 g/mol. The number of hydrogen-bond donors (Lipinski definition) is 2. The first-order valence-electron chi connectivity index (χ1n) is 8.98. The smallest absolute Gasteiger partial charge is 0.169 e. The molecule has 1 heterocycles. The quantitative estimate of drug-likeness (QED) is 0.594. The Balaban J connectivity index is 2.53. The average molecular weight is 401 g/mol. The summed E-state index contributed by atoms with van der Waals surface area (Å²) in [6.45, 7) is 4.08. The second kappa shape index (κ2) is 7.39. The van der Waals surface area contributed by atoms with Crippen molar-refractivity contribution in [2.24, 2.45) is 4.36 Å². The highest BCUT2D eigenvalue weighted by atomic mass is 32.2. The van der Waals surface area contributed by atoms with Crippen molar-refractivity contribution in [3.05, 3.63) is 47.9 Å². The Bertz CT molecular complexity index is 1160. The minimum atomic E-state index is -2.42. The van der Waals surface area contributed by atoms with E-state index in [0.717, 1.165) is 33.3 Å². The lowest BCUT2D eigenvalue weighted by atomic mass is 9.92. The van der Waals surface area contributed by atoms with Crippen molar-refractivity contribution in [2.75, 3.05) is 30.6 Å². The Labute approximate surface area is 165 Å². The van der Waals surface area contributed by atoms with Crippen molar-refractivity contribution < 1.29 is 8.60 Å². The van der Waals surface area contributed by atoms with E-state index in [1.54, 1.807) is 37.8 Å². The van der Waals surface area contributed by atoms with Gasteiger partial charge in [-0.05, 0) is 41.1 Å². The summed E-state index contributed by atoms with van der Waals surface area (Å²) in [7, 11) is -0.615. The Hall–Kier alpha value is -2.67. The zero-order chi connectivity index (χ0) is 20.6. The first-order chi connectivity index (χ1) is 13.1. The molecule has 7 heteroatoms. The van der Waals surface area contributed by atoms with Crippen molar-refractivity contribution in [2.45, 2.75) is 19.8 Å². The lowest BCUT2D eigenvalue weighted by Gasteiger charge is -2.19. The number of benzene rings is 2. The van der Waals surface area contributed by atoms with Gasteiger partial charge in [-0.3, -0.25) is 0 Å². The van der Waals surface area contributed by atoms with Crippen molar-refractivity contribution in [1.82, 2.24) is 4.98 Å². The lowest BCUT2D eigenvalue weighted by Crippen LogP contribution is -2.02. The summed E-state index contributed by atoms with van der Waals surface area (Å²) in [5.74, 6) is 0.197. The molecule has 0 atom stereocenters. The summed E-state index contributed by atoms with van der Waals surface area (Å²) >= 11 is 0. The third kappa shape index (κ3) is 3.94. The van der Waals surface area contributed by atoms with Gasteiger partial charge in [0.05, 0.1) is 17.1 Å². The van der Waals surface area contributed by atoms with Crippen molar-refractivity contribution in [3.8, 4) is 11.1 Å². The van der Waals surface area contributed by atoms with E-state index < -0.39 is 9.73 Å². The van der Waals surface area contributed by atoms with E-state index >= 15 is 0 Å². The summed E-state index contributed by atoms with van der Waals surface area (Å²) in [6, 6.07) is 10.1. The maximum absolute atomic E-state index is 13.5. The van der Waals surface area contributed by atoms with Gasteiger partial charge in [-0.25, -0.2) is 13.6 Å². The number of hydrogen-bond acceptors (Lipinski definition) is 5. The summed E-state index contributed by atoms with van der Waals surface area (Å²) in [6.07, 6.45) is 3.16. The third-order valence-electron chi connectivity index (χ3n) is 4.44. The molecule has 3 rings (SSSR count). The second-order valence-corrected chi connectivity index (χ2v) is 9.91. The van der Waals surface area contributed by atoms with Gasteiger partial charge in [-0.2, -0.15) is 4.36 Å². The van der Waals surface area contributed by atoms with Gasteiger partial charge in [-0.1, -0.05) is 26.0 Å². The molecule has 0 aliphatic rings. The van der Waals surface area contributed by atoms with Gasteiger partial charge in [0.2, 0.25) is 0 Å². The Kier molecular flexibility index (Phi) is 5.30. The first-order valence-corrected chi connectivity index (χ1v) is 11.3. The number of halogens is 1. The number of nitrogens with one attached hydrogen (secondary N) is 1. The van der Waals surface area contributed by atoms with Crippen molar-refractivity contribution in [3.63, 3.8) is 0 Å². The molecule has 0 spiro atoms. The standard InChI is InChI=1S/C21H25FN4OS/c1-12(2)20-19(13-6-8-14(22)9-7-13)15-11-18(24-3)17(23)10-16(15)21(25-20)26-28(4,5)27/h6-12,24H,23H2,1-5H3. The van der Waals surface area contributed by atoms with Gasteiger partial charge < -0.3 is 11.1 Å². The zero-order valence-electron chi connectivity index (χ0n) is 16.7. The minimum absolute atomic E-state index is 0.0822. The molecule has 0 aliphatic carbocycles. The van der Waals surface area contributed by atoms with Crippen LogP contribution in [0.1, 0.15) is 25.5 Å². The molecule has 0 radical (unpaired) electrons. The maximum atomic E-state index is 13.5. The van der Waals surface area contributed by atoms with Crippen LogP contribution in [0.3, 0.4) is 0 Å². The topological polar surface area (TPSA) is 80.4 Å². The van der Waals surface area contributed by atoms with Crippen LogP contribution in [0.4, 0.5) is 21.6 Å². The molecule has 3 aromatic rings. The third-order valence-corrected chi connectivity index (χ3v) is 5.05. The molecule has 0 amide bonds. The molecule has 0 saturated heterocycles. The highest BCUT2D eigenvalue weighted by molar-refractivity contribution is 7.92. The largest absolute Gasteiger partial charge is 0.397 e. The number of aromatic nitrogens is 1. The summed E-state index contributed by atoms with van der Waals surface area (Å²) in [5, 5.41) is 4.70. The van der Waals surface area contributed by atoms with Crippen LogP contribution in [0.5, 0.6) is 0 Å². The van der Waals surface area contributed by atoms with Crippen LogP contribution in [0.25, 0.3) is 21.9 Å². The number of nitrogens with two attached hydrogens (primary N) is 1. The van der Waals surface area contributed by atoms with Gasteiger partial charge in [0.25, 0.3) is 0 Å². The fraction of sp³-hybridized carbons (Fsp3) is 0.286. The van der Waals surface area contributed by atoms with Crippen molar-refractivity contribution >= 4 is 37.7 Å². The molecule has 28 heavy (non-hydrogen) atoms. The summed E-state index contributed by atoms with van der Waals surface area (Å²) < 4.78 is 30.3. The van der Waals surface area contributed by atoms with E-state index in [-0.39, 0.29) is 11.7 Å². The van der Waals surface area contributed by atoms with E-state index in [1.165, 1.54) is 12.1 Å². The minimum Gasteiger partial charge on any atom is -0.397 e. The van der Waals surface area contributed by atoms with Gasteiger partial charge >= 0.3 is 0 Å². The Morgan fingerprint density at radius 2 is 1.79 bits per heavy atom.